The van der Waals surface area contributed by atoms with Crippen molar-refractivity contribution in [2.45, 2.75) is 31.8 Å². The molecule has 22 heavy (non-hydrogen) atoms. The number of likely N-dealkylation sites (tertiary alicyclic amines) is 1. The minimum atomic E-state index is -1.15. The topological polar surface area (TPSA) is 95.0 Å². The van der Waals surface area contributed by atoms with Crippen molar-refractivity contribution in [3.05, 3.63) is 41.5 Å². The summed E-state index contributed by atoms with van der Waals surface area (Å²) in [5.74, 6) is -0.140. The van der Waals surface area contributed by atoms with E-state index in [0.717, 1.165) is 12.0 Å². The van der Waals surface area contributed by atoms with Crippen LogP contribution in [0.15, 0.2) is 24.5 Å². The fraction of sp³-hybridized carbons (Fsp3) is 0.467. The molecule has 0 spiro atoms. The molecule has 0 aromatic carbocycles. The monoisotopic (exact) mass is 301 g/mol. The third-order valence-corrected chi connectivity index (χ3v) is 4.12. The van der Waals surface area contributed by atoms with Crippen LogP contribution >= 0.6 is 0 Å². The number of H-pyrrole nitrogens is 1. The number of β-amino-alcohol motifs (C(OH)–C–C–N with tert-alkyl or cyclic N) is 1. The van der Waals surface area contributed by atoms with E-state index in [9.17, 15) is 9.90 Å². The number of aliphatic hydroxyl groups is 1. The molecule has 3 rings (SSSR count). The highest BCUT2D eigenvalue weighted by molar-refractivity contribution is 5.93. The Morgan fingerprint density at radius 3 is 3.14 bits per heavy atom. The zero-order valence-corrected chi connectivity index (χ0v) is 12.5. The Balaban J connectivity index is 1.84. The summed E-state index contributed by atoms with van der Waals surface area (Å²) in [7, 11) is 0. The molecule has 1 saturated heterocycles. The van der Waals surface area contributed by atoms with Gasteiger partial charge in [-0.05, 0) is 30.9 Å². The summed E-state index contributed by atoms with van der Waals surface area (Å²) >= 11 is 0. The Morgan fingerprint density at radius 2 is 2.41 bits per heavy atom. The summed E-state index contributed by atoms with van der Waals surface area (Å²) in [5.41, 5.74) is 0.710. The van der Waals surface area contributed by atoms with Crippen molar-refractivity contribution in [2.24, 2.45) is 0 Å². The van der Waals surface area contributed by atoms with Crippen molar-refractivity contribution in [3.63, 3.8) is 0 Å². The number of hydrogen-bond acceptors (Lipinski definition) is 5. The second kappa shape index (κ2) is 5.84. The summed E-state index contributed by atoms with van der Waals surface area (Å²) in [6.45, 7) is 2.81. The average Bonchev–Trinajstić information content (AvgIpc) is 3.09. The standard InChI is InChI=1S/C15H19N5O2/c1-2-11-5-3-7-16-13(11)14(21)20-8-4-6-15(22,10-20)12-9-17-19-18-12/h3,5,7,9,22H,2,4,6,8,10H2,1H3,(H,17,18,19). The van der Waals surface area contributed by atoms with Gasteiger partial charge in [0.1, 0.15) is 17.0 Å². The summed E-state index contributed by atoms with van der Waals surface area (Å²) in [6.07, 6.45) is 5.15. The lowest BCUT2D eigenvalue weighted by molar-refractivity contribution is -0.0322. The van der Waals surface area contributed by atoms with Crippen LogP contribution < -0.4 is 0 Å². The average molecular weight is 301 g/mol. The van der Waals surface area contributed by atoms with Crippen LogP contribution in [0, 0.1) is 0 Å². The Bertz CT molecular complexity index is 658. The van der Waals surface area contributed by atoms with Crippen molar-refractivity contribution < 1.29 is 9.90 Å². The molecule has 7 heteroatoms. The molecule has 1 fully saturated rings. The highest BCUT2D eigenvalue weighted by Crippen LogP contribution is 2.30. The van der Waals surface area contributed by atoms with E-state index in [4.69, 9.17) is 0 Å². The number of nitrogens with zero attached hydrogens (tertiary/aromatic N) is 4. The van der Waals surface area contributed by atoms with Crippen molar-refractivity contribution in [3.8, 4) is 0 Å². The van der Waals surface area contributed by atoms with Crippen LogP contribution in [0.25, 0.3) is 0 Å². The Morgan fingerprint density at radius 1 is 1.55 bits per heavy atom. The van der Waals surface area contributed by atoms with E-state index >= 15 is 0 Å². The van der Waals surface area contributed by atoms with Gasteiger partial charge in [0.2, 0.25) is 0 Å². The van der Waals surface area contributed by atoms with Crippen LogP contribution in [0.2, 0.25) is 0 Å². The predicted octanol–water partition coefficient (Wildman–Crippen LogP) is 0.886. The van der Waals surface area contributed by atoms with Gasteiger partial charge in [0.15, 0.2) is 0 Å². The number of piperidine rings is 1. The summed E-state index contributed by atoms with van der Waals surface area (Å²) in [6, 6.07) is 3.74. The van der Waals surface area contributed by atoms with Gasteiger partial charge in [0.25, 0.3) is 5.91 Å². The van der Waals surface area contributed by atoms with Crippen LogP contribution in [0.4, 0.5) is 0 Å². The Labute approximate surface area is 128 Å². The molecule has 0 saturated carbocycles. The first-order chi connectivity index (χ1) is 10.6. The number of aromatic amines is 1. The van der Waals surface area contributed by atoms with Crippen molar-refractivity contribution in [1.82, 2.24) is 25.3 Å². The second-order valence-electron chi connectivity index (χ2n) is 5.58. The van der Waals surface area contributed by atoms with E-state index in [-0.39, 0.29) is 12.5 Å². The maximum absolute atomic E-state index is 12.7. The molecule has 2 N–H and O–H groups in total. The zero-order valence-electron chi connectivity index (χ0n) is 12.5. The number of carbonyl (C=O) groups is 1. The molecule has 2 aromatic heterocycles. The molecule has 1 aliphatic rings. The first kappa shape index (κ1) is 14.6. The van der Waals surface area contributed by atoms with Crippen LogP contribution in [0.3, 0.4) is 0 Å². The van der Waals surface area contributed by atoms with E-state index in [1.165, 1.54) is 6.20 Å². The summed E-state index contributed by atoms with van der Waals surface area (Å²) in [4.78, 5) is 18.6. The van der Waals surface area contributed by atoms with Crippen molar-refractivity contribution in [1.29, 1.82) is 0 Å². The molecule has 3 heterocycles. The first-order valence-corrected chi connectivity index (χ1v) is 7.46. The third kappa shape index (κ3) is 2.59. The summed E-state index contributed by atoms with van der Waals surface area (Å²) in [5, 5.41) is 21.0. The van der Waals surface area contributed by atoms with Crippen molar-refractivity contribution >= 4 is 5.91 Å². The Kier molecular flexibility index (Phi) is 3.89. The molecule has 1 aliphatic heterocycles. The lowest BCUT2D eigenvalue weighted by Crippen LogP contribution is -2.49. The maximum atomic E-state index is 12.7. The normalized spacial score (nSPS) is 21.8. The quantitative estimate of drug-likeness (QED) is 0.877. The second-order valence-corrected chi connectivity index (χ2v) is 5.58. The number of hydrogen-bond donors (Lipinski definition) is 2. The molecular weight excluding hydrogens is 282 g/mol. The molecule has 1 unspecified atom stereocenters. The fourth-order valence-corrected chi connectivity index (χ4v) is 2.91. The van der Waals surface area contributed by atoms with E-state index in [1.54, 1.807) is 11.1 Å². The first-order valence-electron chi connectivity index (χ1n) is 7.46. The molecule has 7 nitrogen and oxygen atoms in total. The molecule has 0 bridgehead atoms. The molecule has 1 atom stereocenters. The highest BCUT2D eigenvalue weighted by Gasteiger charge is 2.39. The number of rotatable bonds is 3. The van der Waals surface area contributed by atoms with Gasteiger partial charge in [-0.25, -0.2) is 0 Å². The molecule has 1 amide bonds. The largest absolute Gasteiger partial charge is 0.382 e. The van der Waals surface area contributed by atoms with Gasteiger partial charge in [-0.3, -0.25) is 9.78 Å². The van der Waals surface area contributed by atoms with Gasteiger partial charge < -0.3 is 10.0 Å². The third-order valence-electron chi connectivity index (χ3n) is 4.12. The number of aromatic nitrogens is 4. The van der Waals surface area contributed by atoms with Gasteiger partial charge in [-0.1, -0.05) is 13.0 Å². The zero-order chi connectivity index (χ0) is 15.6. The molecular formula is C15H19N5O2. The minimum Gasteiger partial charge on any atom is -0.382 e. The molecule has 2 aromatic rings. The van der Waals surface area contributed by atoms with Gasteiger partial charge in [-0.15, -0.1) is 0 Å². The number of nitrogens with one attached hydrogen (secondary N) is 1. The number of aryl methyl sites for hydroxylation is 1. The number of amides is 1. The lowest BCUT2D eigenvalue weighted by atomic mass is 9.89. The van der Waals surface area contributed by atoms with Crippen LogP contribution in [-0.2, 0) is 12.0 Å². The SMILES string of the molecule is CCc1cccnc1C(=O)N1CCCC(O)(c2cn[nH]n2)C1. The van der Waals surface area contributed by atoms with Crippen LogP contribution in [0.1, 0.15) is 41.5 Å². The maximum Gasteiger partial charge on any atom is 0.272 e. The van der Waals surface area contributed by atoms with Gasteiger partial charge in [-0.2, -0.15) is 15.4 Å². The molecule has 0 radical (unpaired) electrons. The highest BCUT2D eigenvalue weighted by atomic mass is 16.3. The van der Waals surface area contributed by atoms with E-state index < -0.39 is 5.60 Å². The van der Waals surface area contributed by atoms with Crippen molar-refractivity contribution in [2.75, 3.05) is 13.1 Å². The number of carbonyl (C=O) groups excluding carboxylic acids is 1. The molecule has 116 valence electrons. The van der Waals surface area contributed by atoms with Crippen LogP contribution in [-0.4, -0.2) is 49.4 Å². The van der Waals surface area contributed by atoms with Gasteiger partial charge >= 0.3 is 0 Å². The smallest absolute Gasteiger partial charge is 0.272 e. The van der Waals surface area contributed by atoms with Gasteiger partial charge in [0, 0.05) is 12.7 Å². The molecule has 0 aliphatic carbocycles. The van der Waals surface area contributed by atoms with Gasteiger partial charge in [0.05, 0.1) is 12.7 Å². The predicted molar refractivity (Wildman–Crippen MR) is 79.0 cm³/mol. The summed E-state index contributed by atoms with van der Waals surface area (Å²) < 4.78 is 0. The van der Waals surface area contributed by atoms with E-state index in [0.29, 0.717) is 30.8 Å². The van der Waals surface area contributed by atoms with E-state index in [2.05, 4.69) is 20.4 Å². The van der Waals surface area contributed by atoms with E-state index in [1.807, 2.05) is 19.1 Å². The fourth-order valence-electron chi connectivity index (χ4n) is 2.91. The number of pyridine rings is 1. The van der Waals surface area contributed by atoms with Crippen LogP contribution in [0.5, 0.6) is 0 Å². The lowest BCUT2D eigenvalue weighted by Gasteiger charge is -2.37. The Hall–Kier alpha value is -2.28. The minimum absolute atomic E-state index is 0.140.